The summed E-state index contributed by atoms with van der Waals surface area (Å²) in [4.78, 5) is 0. The fourth-order valence-electron chi connectivity index (χ4n) is 0.915. The minimum atomic E-state index is 0.0914. The van der Waals surface area contributed by atoms with Crippen molar-refractivity contribution >= 4 is 11.6 Å². The Balaban J connectivity index is 2.61. The Morgan fingerprint density at radius 3 is 2.55 bits per heavy atom. The van der Waals surface area contributed by atoms with E-state index < -0.39 is 0 Å². The van der Waals surface area contributed by atoms with E-state index in [4.69, 9.17) is 16.3 Å². The Bertz CT molecular complexity index is 198. The first-order chi connectivity index (χ1) is 5.34. The van der Waals surface area contributed by atoms with Crippen LogP contribution in [0.25, 0.3) is 0 Å². The monoisotopic (exact) mass is 170 g/mol. The summed E-state index contributed by atoms with van der Waals surface area (Å²) < 4.78 is 5.19. The third-order valence-electron chi connectivity index (χ3n) is 1.58. The molecule has 2 heteroatoms. The van der Waals surface area contributed by atoms with Crippen LogP contribution in [-0.4, -0.2) is 6.07 Å². The maximum atomic E-state index is 5.42. The van der Waals surface area contributed by atoms with E-state index in [2.05, 4.69) is 0 Å². The lowest BCUT2D eigenvalue weighted by Gasteiger charge is -2.09. The summed E-state index contributed by atoms with van der Waals surface area (Å²) in [6.07, 6.45) is 0.0914. The molecule has 0 spiro atoms. The maximum Gasteiger partial charge on any atom is 0.121 e. The van der Waals surface area contributed by atoms with Crippen molar-refractivity contribution in [3.05, 3.63) is 35.9 Å². The number of halogens is 1. The Hall–Kier alpha value is -0.530. The highest BCUT2D eigenvalue weighted by Gasteiger charge is 2.01. The van der Waals surface area contributed by atoms with Gasteiger partial charge in [-0.2, -0.15) is 0 Å². The fourth-order valence-corrected chi connectivity index (χ4v) is 1.10. The third kappa shape index (κ3) is 2.52. The predicted octanol–water partition coefficient (Wildman–Crippen LogP) is 2.96. The molecule has 0 aliphatic heterocycles. The van der Waals surface area contributed by atoms with E-state index in [-0.39, 0.29) is 12.2 Å². The molecular weight excluding hydrogens is 160 g/mol. The standard InChI is InChI=1S/C9H11ClO/c1-8(11-7-10)9-5-3-2-4-6-9/h2-6,8H,7H2,1H3. The van der Waals surface area contributed by atoms with Gasteiger partial charge in [0.2, 0.25) is 0 Å². The fraction of sp³-hybridized carbons (Fsp3) is 0.333. The molecule has 1 aromatic carbocycles. The number of hydrogen-bond acceptors (Lipinski definition) is 1. The second-order valence-corrected chi connectivity index (χ2v) is 2.55. The molecule has 0 amide bonds. The van der Waals surface area contributed by atoms with Gasteiger partial charge in [-0.05, 0) is 12.5 Å². The Morgan fingerprint density at radius 2 is 2.00 bits per heavy atom. The Labute approximate surface area is 71.9 Å². The number of benzene rings is 1. The van der Waals surface area contributed by atoms with Crippen LogP contribution in [0.15, 0.2) is 30.3 Å². The minimum Gasteiger partial charge on any atom is -0.358 e. The lowest BCUT2D eigenvalue weighted by Crippen LogP contribution is -1.97. The second kappa shape index (κ2) is 4.37. The van der Waals surface area contributed by atoms with E-state index in [0.29, 0.717) is 0 Å². The Morgan fingerprint density at radius 1 is 1.36 bits per heavy atom. The quantitative estimate of drug-likeness (QED) is 0.634. The molecule has 0 aromatic heterocycles. The van der Waals surface area contributed by atoms with Crippen LogP contribution in [0, 0.1) is 0 Å². The molecule has 0 fully saturated rings. The van der Waals surface area contributed by atoms with E-state index >= 15 is 0 Å². The summed E-state index contributed by atoms with van der Waals surface area (Å²) in [6, 6.07) is 10.3. The number of hydrogen-bond donors (Lipinski definition) is 0. The molecule has 1 nitrogen and oxygen atoms in total. The van der Waals surface area contributed by atoms with Gasteiger partial charge in [0.15, 0.2) is 0 Å². The normalized spacial score (nSPS) is 12.9. The van der Waals surface area contributed by atoms with E-state index in [9.17, 15) is 0 Å². The lowest BCUT2D eigenvalue weighted by atomic mass is 10.1. The molecule has 1 aromatic rings. The first-order valence-electron chi connectivity index (χ1n) is 3.57. The molecule has 1 rings (SSSR count). The number of alkyl halides is 1. The summed E-state index contributed by atoms with van der Waals surface area (Å²) >= 11 is 5.42. The van der Waals surface area contributed by atoms with Crippen molar-refractivity contribution in [3.8, 4) is 0 Å². The molecule has 0 bridgehead atoms. The average molecular weight is 171 g/mol. The summed E-state index contributed by atoms with van der Waals surface area (Å²) in [5.41, 5.74) is 1.16. The second-order valence-electron chi connectivity index (χ2n) is 2.33. The highest BCUT2D eigenvalue weighted by Crippen LogP contribution is 2.15. The van der Waals surface area contributed by atoms with Gasteiger partial charge in [-0.1, -0.05) is 41.9 Å². The Kier molecular flexibility index (Phi) is 3.40. The molecule has 0 N–H and O–H groups in total. The van der Waals surface area contributed by atoms with Gasteiger partial charge in [-0.15, -0.1) is 0 Å². The number of rotatable bonds is 3. The molecule has 0 saturated carbocycles. The number of ether oxygens (including phenoxy) is 1. The van der Waals surface area contributed by atoms with Crippen LogP contribution in [-0.2, 0) is 4.74 Å². The van der Waals surface area contributed by atoms with Gasteiger partial charge in [0, 0.05) is 0 Å². The van der Waals surface area contributed by atoms with Crippen molar-refractivity contribution in [2.45, 2.75) is 13.0 Å². The van der Waals surface area contributed by atoms with Crippen LogP contribution in [0.2, 0.25) is 0 Å². The molecule has 11 heavy (non-hydrogen) atoms. The molecule has 1 unspecified atom stereocenters. The van der Waals surface area contributed by atoms with Gasteiger partial charge in [-0.25, -0.2) is 0 Å². The van der Waals surface area contributed by atoms with Crippen LogP contribution in [0.5, 0.6) is 0 Å². The van der Waals surface area contributed by atoms with Crippen LogP contribution >= 0.6 is 11.6 Å². The van der Waals surface area contributed by atoms with Crippen LogP contribution in [0.4, 0.5) is 0 Å². The molecule has 0 radical (unpaired) electrons. The van der Waals surface area contributed by atoms with Gasteiger partial charge < -0.3 is 4.74 Å². The molecule has 0 aliphatic rings. The van der Waals surface area contributed by atoms with Crippen LogP contribution in [0.3, 0.4) is 0 Å². The van der Waals surface area contributed by atoms with Gasteiger partial charge in [0.1, 0.15) is 6.07 Å². The molecule has 60 valence electrons. The van der Waals surface area contributed by atoms with Gasteiger partial charge in [0.05, 0.1) is 6.10 Å². The lowest BCUT2D eigenvalue weighted by molar-refractivity contribution is 0.103. The molecule has 1 atom stereocenters. The zero-order valence-corrected chi connectivity index (χ0v) is 7.21. The maximum absolute atomic E-state index is 5.42. The van der Waals surface area contributed by atoms with Crippen LogP contribution < -0.4 is 0 Å². The average Bonchev–Trinajstić information content (AvgIpc) is 2.07. The first kappa shape index (κ1) is 8.57. The topological polar surface area (TPSA) is 9.23 Å². The highest BCUT2D eigenvalue weighted by molar-refractivity contribution is 6.17. The molecule has 0 aliphatic carbocycles. The van der Waals surface area contributed by atoms with Crippen molar-refractivity contribution in [1.82, 2.24) is 0 Å². The summed E-state index contributed by atoms with van der Waals surface area (Å²) in [7, 11) is 0. The van der Waals surface area contributed by atoms with E-state index in [1.807, 2.05) is 37.3 Å². The highest BCUT2D eigenvalue weighted by atomic mass is 35.5. The van der Waals surface area contributed by atoms with Gasteiger partial charge in [0.25, 0.3) is 0 Å². The van der Waals surface area contributed by atoms with Crippen molar-refractivity contribution in [1.29, 1.82) is 0 Å². The minimum absolute atomic E-state index is 0.0914. The zero-order valence-electron chi connectivity index (χ0n) is 6.46. The van der Waals surface area contributed by atoms with Crippen LogP contribution in [0.1, 0.15) is 18.6 Å². The van der Waals surface area contributed by atoms with Crippen molar-refractivity contribution in [2.75, 3.05) is 6.07 Å². The van der Waals surface area contributed by atoms with Crippen molar-refractivity contribution in [3.63, 3.8) is 0 Å². The predicted molar refractivity (Wildman–Crippen MR) is 46.7 cm³/mol. The summed E-state index contributed by atoms with van der Waals surface area (Å²) in [5.74, 6) is 0. The molecule has 0 saturated heterocycles. The smallest absolute Gasteiger partial charge is 0.121 e. The van der Waals surface area contributed by atoms with Gasteiger partial charge >= 0.3 is 0 Å². The molecular formula is C9H11ClO. The SMILES string of the molecule is CC(OCCl)c1ccccc1. The summed E-state index contributed by atoms with van der Waals surface area (Å²) in [5, 5.41) is 0. The summed E-state index contributed by atoms with van der Waals surface area (Å²) in [6.45, 7) is 1.98. The zero-order chi connectivity index (χ0) is 8.10. The van der Waals surface area contributed by atoms with E-state index in [1.165, 1.54) is 0 Å². The van der Waals surface area contributed by atoms with Crippen molar-refractivity contribution < 1.29 is 4.74 Å². The molecule has 0 heterocycles. The van der Waals surface area contributed by atoms with Gasteiger partial charge in [-0.3, -0.25) is 0 Å². The van der Waals surface area contributed by atoms with E-state index in [0.717, 1.165) is 5.56 Å². The first-order valence-corrected chi connectivity index (χ1v) is 4.10. The van der Waals surface area contributed by atoms with E-state index in [1.54, 1.807) is 0 Å². The third-order valence-corrected chi connectivity index (χ3v) is 1.71. The largest absolute Gasteiger partial charge is 0.358 e. The van der Waals surface area contributed by atoms with Crippen molar-refractivity contribution in [2.24, 2.45) is 0 Å².